The largest absolute Gasteiger partial charge is 0.322 e. The van der Waals surface area contributed by atoms with Gasteiger partial charge < -0.3 is 5.32 Å². The normalized spacial score (nSPS) is 11.2. The molecule has 29 heavy (non-hydrogen) atoms. The first kappa shape index (κ1) is 20.5. The van der Waals surface area contributed by atoms with Crippen molar-refractivity contribution in [2.24, 2.45) is 0 Å². The molecule has 2 aromatic carbocycles. The SMILES string of the molecule is Cc1cc(C)c(C(=O)Nc2ccc(S(=O)(=O)N(C)c3ccccn3)cc2)c(C)c1. The Hall–Kier alpha value is -3.19. The van der Waals surface area contributed by atoms with E-state index in [1.807, 2.05) is 32.9 Å². The second kappa shape index (κ2) is 8.05. The van der Waals surface area contributed by atoms with Crippen molar-refractivity contribution in [2.45, 2.75) is 25.7 Å². The number of hydrogen-bond acceptors (Lipinski definition) is 4. The molecule has 0 fully saturated rings. The molecule has 0 radical (unpaired) electrons. The zero-order chi connectivity index (χ0) is 21.2. The molecule has 0 saturated heterocycles. The molecule has 0 spiro atoms. The average molecular weight is 410 g/mol. The van der Waals surface area contributed by atoms with Gasteiger partial charge in [0.25, 0.3) is 15.9 Å². The van der Waals surface area contributed by atoms with Crippen LogP contribution in [0.15, 0.2) is 65.7 Å². The summed E-state index contributed by atoms with van der Waals surface area (Å²) in [5.74, 6) is 0.108. The number of carbonyl (C=O) groups is 1. The van der Waals surface area contributed by atoms with Crippen LogP contribution in [0.25, 0.3) is 0 Å². The first-order valence-electron chi connectivity index (χ1n) is 9.09. The quantitative estimate of drug-likeness (QED) is 0.688. The van der Waals surface area contributed by atoms with E-state index in [0.29, 0.717) is 17.1 Å². The highest BCUT2D eigenvalue weighted by molar-refractivity contribution is 7.92. The van der Waals surface area contributed by atoms with Gasteiger partial charge in [-0.1, -0.05) is 23.8 Å². The first-order valence-corrected chi connectivity index (χ1v) is 10.5. The zero-order valence-electron chi connectivity index (χ0n) is 16.8. The van der Waals surface area contributed by atoms with Crippen molar-refractivity contribution in [2.75, 3.05) is 16.7 Å². The number of anilines is 2. The summed E-state index contributed by atoms with van der Waals surface area (Å²) >= 11 is 0. The van der Waals surface area contributed by atoms with E-state index in [-0.39, 0.29) is 10.8 Å². The van der Waals surface area contributed by atoms with Crippen molar-refractivity contribution in [3.05, 3.63) is 83.0 Å². The average Bonchev–Trinajstić information content (AvgIpc) is 2.67. The molecule has 0 bridgehead atoms. The van der Waals surface area contributed by atoms with Gasteiger partial charge in [-0.15, -0.1) is 0 Å². The number of benzene rings is 2. The van der Waals surface area contributed by atoms with Gasteiger partial charge in [0.1, 0.15) is 5.82 Å². The molecule has 0 aliphatic carbocycles. The second-order valence-corrected chi connectivity index (χ2v) is 8.88. The minimum atomic E-state index is -3.75. The summed E-state index contributed by atoms with van der Waals surface area (Å²) < 4.78 is 26.7. The van der Waals surface area contributed by atoms with E-state index in [9.17, 15) is 13.2 Å². The number of nitrogens with zero attached hydrogens (tertiary/aromatic N) is 2. The number of hydrogen-bond donors (Lipinski definition) is 1. The summed E-state index contributed by atoms with van der Waals surface area (Å²) in [6.07, 6.45) is 1.54. The Morgan fingerprint density at radius 3 is 2.14 bits per heavy atom. The van der Waals surface area contributed by atoms with Gasteiger partial charge >= 0.3 is 0 Å². The van der Waals surface area contributed by atoms with Crippen molar-refractivity contribution < 1.29 is 13.2 Å². The number of aryl methyl sites for hydroxylation is 3. The summed E-state index contributed by atoms with van der Waals surface area (Å²) in [6, 6.07) is 15.1. The molecule has 1 amide bonds. The summed E-state index contributed by atoms with van der Waals surface area (Å²) in [6.45, 7) is 5.79. The Morgan fingerprint density at radius 2 is 1.59 bits per heavy atom. The standard InChI is InChI=1S/C22H23N3O3S/c1-15-13-16(2)21(17(3)14-15)22(26)24-18-8-10-19(11-9-18)29(27,28)25(4)20-7-5-6-12-23-20/h5-14H,1-4H3,(H,24,26). The predicted molar refractivity (Wildman–Crippen MR) is 115 cm³/mol. The van der Waals surface area contributed by atoms with Gasteiger partial charge in [0.15, 0.2) is 0 Å². The van der Waals surface area contributed by atoms with Crippen LogP contribution in [0.5, 0.6) is 0 Å². The maximum absolute atomic E-state index is 12.8. The van der Waals surface area contributed by atoms with Crippen molar-refractivity contribution >= 4 is 27.4 Å². The Morgan fingerprint density at radius 1 is 0.966 bits per heavy atom. The maximum Gasteiger partial charge on any atom is 0.265 e. The molecule has 0 aliphatic heterocycles. The lowest BCUT2D eigenvalue weighted by atomic mass is 9.99. The lowest BCUT2D eigenvalue weighted by Gasteiger charge is -2.18. The summed E-state index contributed by atoms with van der Waals surface area (Å²) in [7, 11) is -2.29. The molecular formula is C22H23N3O3S. The van der Waals surface area contributed by atoms with E-state index < -0.39 is 10.0 Å². The molecule has 6 nitrogen and oxygen atoms in total. The Kier molecular flexibility index (Phi) is 5.70. The predicted octanol–water partition coefficient (Wildman–Crippen LogP) is 4.08. The van der Waals surface area contributed by atoms with Gasteiger partial charge in [-0.05, 0) is 68.3 Å². The topological polar surface area (TPSA) is 79.4 Å². The molecular weight excluding hydrogens is 386 g/mol. The van der Waals surface area contributed by atoms with E-state index in [4.69, 9.17) is 0 Å². The van der Waals surface area contributed by atoms with Crippen molar-refractivity contribution in [1.82, 2.24) is 4.98 Å². The lowest BCUT2D eigenvalue weighted by Crippen LogP contribution is -2.27. The van der Waals surface area contributed by atoms with Crippen LogP contribution in [0.1, 0.15) is 27.0 Å². The van der Waals surface area contributed by atoms with Crippen molar-refractivity contribution in [1.29, 1.82) is 0 Å². The number of carbonyl (C=O) groups excluding carboxylic acids is 1. The summed E-state index contributed by atoms with van der Waals surface area (Å²) in [4.78, 5) is 16.9. The fourth-order valence-corrected chi connectivity index (χ4v) is 4.41. The van der Waals surface area contributed by atoms with E-state index in [1.165, 1.54) is 25.4 Å². The van der Waals surface area contributed by atoms with E-state index >= 15 is 0 Å². The maximum atomic E-state index is 12.8. The van der Waals surface area contributed by atoms with Crippen LogP contribution in [0.4, 0.5) is 11.5 Å². The van der Waals surface area contributed by atoms with Crippen LogP contribution in [-0.2, 0) is 10.0 Å². The van der Waals surface area contributed by atoms with E-state index in [1.54, 1.807) is 30.3 Å². The molecule has 1 aromatic heterocycles. The van der Waals surface area contributed by atoms with Gasteiger partial charge in [-0.25, -0.2) is 13.4 Å². The smallest absolute Gasteiger partial charge is 0.265 e. The Balaban J connectivity index is 1.81. The molecule has 0 saturated carbocycles. The number of sulfonamides is 1. The third-order valence-corrected chi connectivity index (χ3v) is 6.42. The molecule has 150 valence electrons. The molecule has 3 rings (SSSR count). The lowest BCUT2D eigenvalue weighted by molar-refractivity contribution is 0.102. The molecule has 1 heterocycles. The fraction of sp³-hybridized carbons (Fsp3) is 0.182. The van der Waals surface area contributed by atoms with Gasteiger partial charge in [0, 0.05) is 24.5 Å². The van der Waals surface area contributed by atoms with Gasteiger partial charge in [0.2, 0.25) is 0 Å². The third-order valence-electron chi connectivity index (χ3n) is 4.65. The summed E-state index contributed by atoms with van der Waals surface area (Å²) in [5.41, 5.74) is 4.05. The van der Waals surface area contributed by atoms with Crippen LogP contribution >= 0.6 is 0 Å². The Bertz CT molecular complexity index is 1120. The molecule has 7 heteroatoms. The molecule has 1 N–H and O–H groups in total. The minimum Gasteiger partial charge on any atom is -0.322 e. The van der Waals surface area contributed by atoms with Crippen LogP contribution in [-0.4, -0.2) is 26.4 Å². The highest BCUT2D eigenvalue weighted by Gasteiger charge is 2.22. The third kappa shape index (κ3) is 4.30. The summed E-state index contributed by atoms with van der Waals surface area (Å²) in [5, 5.41) is 2.84. The van der Waals surface area contributed by atoms with Crippen LogP contribution in [0.2, 0.25) is 0 Å². The van der Waals surface area contributed by atoms with Crippen molar-refractivity contribution in [3.8, 4) is 0 Å². The molecule has 0 unspecified atom stereocenters. The van der Waals surface area contributed by atoms with Gasteiger partial charge in [-0.3, -0.25) is 9.10 Å². The zero-order valence-corrected chi connectivity index (χ0v) is 17.6. The van der Waals surface area contributed by atoms with Crippen molar-refractivity contribution in [3.63, 3.8) is 0 Å². The molecule has 0 atom stereocenters. The van der Waals surface area contributed by atoms with Crippen LogP contribution in [0.3, 0.4) is 0 Å². The van der Waals surface area contributed by atoms with Gasteiger partial charge in [0.05, 0.1) is 4.90 Å². The molecule has 3 aromatic rings. The highest BCUT2D eigenvalue weighted by atomic mass is 32.2. The number of nitrogens with one attached hydrogen (secondary N) is 1. The van der Waals surface area contributed by atoms with E-state index in [0.717, 1.165) is 21.0 Å². The van der Waals surface area contributed by atoms with Crippen LogP contribution < -0.4 is 9.62 Å². The fourth-order valence-electron chi connectivity index (χ4n) is 3.26. The van der Waals surface area contributed by atoms with Crippen LogP contribution in [0, 0.1) is 20.8 Å². The number of aromatic nitrogens is 1. The highest BCUT2D eigenvalue weighted by Crippen LogP contribution is 2.23. The number of amides is 1. The second-order valence-electron chi connectivity index (χ2n) is 6.91. The monoisotopic (exact) mass is 409 g/mol. The number of pyridine rings is 1. The van der Waals surface area contributed by atoms with E-state index in [2.05, 4.69) is 10.3 Å². The first-order chi connectivity index (χ1) is 13.7. The minimum absolute atomic E-state index is 0.117. The Labute approximate surface area is 171 Å². The molecule has 0 aliphatic rings. The van der Waals surface area contributed by atoms with Gasteiger partial charge in [-0.2, -0.15) is 0 Å². The number of rotatable bonds is 5.